The van der Waals surface area contributed by atoms with Gasteiger partial charge in [-0.2, -0.15) is 0 Å². The molecule has 0 spiro atoms. The van der Waals surface area contributed by atoms with Crippen LogP contribution in [0.5, 0.6) is 0 Å². The predicted molar refractivity (Wildman–Crippen MR) is 81.2 cm³/mol. The summed E-state index contributed by atoms with van der Waals surface area (Å²) in [6.45, 7) is 1.68. The average molecular weight is 311 g/mol. The third-order valence-electron chi connectivity index (χ3n) is 3.86. The van der Waals surface area contributed by atoms with Crippen molar-refractivity contribution < 1.29 is 9.50 Å². The van der Waals surface area contributed by atoms with Gasteiger partial charge in [0.15, 0.2) is 0 Å². The van der Waals surface area contributed by atoms with Crippen LogP contribution < -0.4 is 0 Å². The Morgan fingerprint density at radius 3 is 2.75 bits per heavy atom. The molecule has 1 unspecified atom stereocenters. The van der Waals surface area contributed by atoms with Gasteiger partial charge in [0.05, 0.1) is 0 Å². The standard InChI is InChI=1S/C16H16ClFOS/c1-9-6-11(12(17)8-13(9)18)16(19)15-7-10-4-2-3-5-14(10)20-15/h6-8,16,19H,2-5H2,1H3. The summed E-state index contributed by atoms with van der Waals surface area (Å²) in [7, 11) is 0. The molecule has 4 heteroatoms. The summed E-state index contributed by atoms with van der Waals surface area (Å²) in [4.78, 5) is 2.28. The quantitative estimate of drug-likeness (QED) is 0.844. The van der Waals surface area contributed by atoms with Gasteiger partial charge in [-0.15, -0.1) is 11.3 Å². The fourth-order valence-electron chi connectivity index (χ4n) is 2.69. The highest BCUT2D eigenvalue weighted by molar-refractivity contribution is 7.12. The second kappa shape index (κ2) is 5.47. The van der Waals surface area contributed by atoms with Gasteiger partial charge in [0, 0.05) is 20.3 Å². The largest absolute Gasteiger partial charge is 0.383 e. The first-order valence-corrected chi connectivity index (χ1v) is 8.01. The van der Waals surface area contributed by atoms with E-state index >= 15 is 0 Å². The predicted octanol–water partition coefficient (Wildman–Crippen LogP) is 4.81. The highest BCUT2D eigenvalue weighted by Crippen LogP contribution is 2.37. The maximum absolute atomic E-state index is 13.4. The number of halogens is 2. The summed E-state index contributed by atoms with van der Waals surface area (Å²) in [5.74, 6) is -0.337. The lowest BCUT2D eigenvalue weighted by Crippen LogP contribution is -2.00. The first-order chi connectivity index (χ1) is 9.56. The number of rotatable bonds is 2. The Kier molecular flexibility index (Phi) is 3.85. The van der Waals surface area contributed by atoms with Gasteiger partial charge < -0.3 is 5.11 Å². The van der Waals surface area contributed by atoms with Crippen molar-refractivity contribution in [2.45, 2.75) is 38.7 Å². The lowest BCUT2D eigenvalue weighted by Gasteiger charge is -2.12. The number of hydrogen-bond donors (Lipinski definition) is 1. The molecule has 1 aromatic heterocycles. The van der Waals surface area contributed by atoms with Gasteiger partial charge in [-0.05, 0) is 61.9 Å². The zero-order chi connectivity index (χ0) is 14.3. The van der Waals surface area contributed by atoms with E-state index in [1.807, 2.05) is 0 Å². The fourth-order valence-corrected chi connectivity index (χ4v) is 4.21. The minimum atomic E-state index is -0.766. The SMILES string of the molecule is Cc1cc(C(O)c2cc3c(s2)CCCC3)c(Cl)cc1F. The Morgan fingerprint density at radius 2 is 2.00 bits per heavy atom. The molecule has 3 rings (SSSR count). The number of hydrogen-bond acceptors (Lipinski definition) is 2. The fraction of sp³-hybridized carbons (Fsp3) is 0.375. The zero-order valence-electron chi connectivity index (χ0n) is 11.2. The van der Waals surface area contributed by atoms with Crippen LogP contribution in [0.25, 0.3) is 0 Å². The minimum absolute atomic E-state index is 0.284. The Bertz CT molecular complexity index is 627. The van der Waals surface area contributed by atoms with E-state index in [0.29, 0.717) is 11.1 Å². The van der Waals surface area contributed by atoms with Crippen molar-refractivity contribution >= 4 is 22.9 Å². The molecule has 1 nitrogen and oxygen atoms in total. The van der Waals surface area contributed by atoms with Crippen LogP contribution in [0.2, 0.25) is 5.02 Å². The van der Waals surface area contributed by atoms with Crippen molar-refractivity contribution in [3.63, 3.8) is 0 Å². The van der Waals surface area contributed by atoms with Gasteiger partial charge >= 0.3 is 0 Å². The maximum Gasteiger partial charge on any atom is 0.127 e. The molecule has 0 radical (unpaired) electrons. The third kappa shape index (κ3) is 2.50. The Hall–Kier alpha value is -0.900. The maximum atomic E-state index is 13.4. The molecule has 0 fully saturated rings. The van der Waals surface area contributed by atoms with Crippen LogP contribution in [0.1, 0.15) is 45.4 Å². The summed E-state index contributed by atoms with van der Waals surface area (Å²) in [5, 5.41) is 10.8. The molecule has 106 valence electrons. The Balaban J connectivity index is 1.98. The number of fused-ring (bicyclic) bond motifs is 1. The van der Waals surface area contributed by atoms with Crippen molar-refractivity contribution in [2.24, 2.45) is 0 Å². The van der Waals surface area contributed by atoms with Gasteiger partial charge in [0.25, 0.3) is 0 Å². The van der Waals surface area contributed by atoms with Crippen LogP contribution in [0.15, 0.2) is 18.2 Å². The van der Waals surface area contributed by atoms with Crippen LogP contribution in [0, 0.1) is 12.7 Å². The summed E-state index contributed by atoms with van der Waals surface area (Å²) in [6.07, 6.45) is 3.87. The van der Waals surface area contributed by atoms with Crippen LogP contribution in [0.3, 0.4) is 0 Å². The number of aliphatic hydroxyl groups is 1. The van der Waals surface area contributed by atoms with Crippen molar-refractivity contribution in [3.05, 3.63) is 55.5 Å². The molecule has 0 saturated carbocycles. The first-order valence-electron chi connectivity index (χ1n) is 6.81. The molecule has 0 amide bonds. The van der Waals surface area contributed by atoms with Crippen molar-refractivity contribution in [2.75, 3.05) is 0 Å². The van der Waals surface area contributed by atoms with Crippen molar-refractivity contribution in [3.8, 4) is 0 Å². The van der Waals surface area contributed by atoms with Crippen LogP contribution in [-0.2, 0) is 12.8 Å². The third-order valence-corrected chi connectivity index (χ3v) is 5.47. The zero-order valence-corrected chi connectivity index (χ0v) is 12.8. The van der Waals surface area contributed by atoms with Gasteiger partial charge in [0.1, 0.15) is 11.9 Å². The number of benzene rings is 1. The Morgan fingerprint density at radius 1 is 1.25 bits per heavy atom. The topological polar surface area (TPSA) is 20.2 Å². The van der Waals surface area contributed by atoms with Crippen molar-refractivity contribution in [1.82, 2.24) is 0 Å². The van der Waals surface area contributed by atoms with E-state index < -0.39 is 6.10 Å². The van der Waals surface area contributed by atoms with Crippen LogP contribution >= 0.6 is 22.9 Å². The highest BCUT2D eigenvalue weighted by Gasteiger charge is 2.21. The number of aryl methyl sites for hydroxylation is 3. The Labute approximate surface area is 127 Å². The molecule has 1 aliphatic carbocycles. The molecule has 1 aromatic carbocycles. The molecule has 1 aliphatic rings. The van der Waals surface area contributed by atoms with Crippen molar-refractivity contribution in [1.29, 1.82) is 0 Å². The van der Waals surface area contributed by atoms with E-state index in [1.165, 1.54) is 29.3 Å². The minimum Gasteiger partial charge on any atom is -0.383 e. The summed E-state index contributed by atoms with van der Waals surface area (Å²) in [5.41, 5.74) is 2.44. The van der Waals surface area contributed by atoms with E-state index in [4.69, 9.17) is 11.6 Å². The molecular formula is C16H16ClFOS. The van der Waals surface area contributed by atoms with Gasteiger partial charge in [-0.1, -0.05) is 11.6 Å². The van der Waals surface area contributed by atoms with E-state index in [-0.39, 0.29) is 10.8 Å². The first kappa shape index (κ1) is 14.1. The molecule has 0 aliphatic heterocycles. The van der Waals surface area contributed by atoms with Gasteiger partial charge in [0.2, 0.25) is 0 Å². The highest BCUT2D eigenvalue weighted by atomic mass is 35.5. The molecule has 20 heavy (non-hydrogen) atoms. The number of aliphatic hydroxyl groups excluding tert-OH is 1. The molecule has 1 N–H and O–H groups in total. The molecule has 1 heterocycles. The monoisotopic (exact) mass is 310 g/mol. The van der Waals surface area contributed by atoms with E-state index in [9.17, 15) is 9.50 Å². The van der Waals surface area contributed by atoms with Gasteiger partial charge in [-0.25, -0.2) is 4.39 Å². The lowest BCUT2D eigenvalue weighted by atomic mass is 9.98. The number of thiophene rings is 1. The molecule has 0 saturated heterocycles. The second-order valence-corrected chi connectivity index (χ2v) is 6.91. The summed E-state index contributed by atoms with van der Waals surface area (Å²) in [6, 6.07) is 5.00. The lowest BCUT2D eigenvalue weighted by molar-refractivity contribution is 0.224. The molecule has 2 aromatic rings. The van der Waals surface area contributed by atoms with Crippen LogP contribution in [0.4, 0.5) is 4.39 Å². The van der Waals surface area contributed by atoms with E-state index in [1.54, 1.807) is 24.3 Å². The van der Waals surface area contributed by atoms with E-state index in [0.717, 1.165) is 17.7 Å². The summed E-state index contributed by atoms with van der Waals surface area (Å²) >= 11 is 7.73. The smallest absolute Gasteiger partial charge is 0.127 e. The molecule has 1 atom stereocenters. The molecule has 0 bridgehead atoms. The molecular weight excluding hydrogens is 295 g/mol. The summed E-state index contributed by atoms with van der Waals surface area (Å²) < 4.78 is 13.4. The van der Waals surface area contributed by atoms with Crippen LogP contribution in [-0.4, -0.2) is 5.11 Å². The second-order valence-electron chi connectivity index (χ2n) is 5.33. The average Bonchev–Trinajstić information content (AvgIpc) is 2.86. The van der Waals surface area contributed by atoms with E-state index in [2.05, 4.69) is 6.07 Å². The van der Waals surface area contributed by atoms with Gasteiger partial charge in [-0.3, -0.25) is 0 Å². The normalized spacial score (nSPS) is 16.0.